The maximum atomic E-state index is 14.0. The molecule has 0 saturated heterocycles. The number of phenols is 2. The summed E-state index contributed by atoms with van der Waals surface area (Å²) in [7, 11) is 2.45. The molecule has 67 heavy (non-hydrogen) atoms. The number of carbonyl (C=O) groups excluding carboxylic acids is 6. The van der Waals surface area contributed by atoms with Gasteiger partial charge in [0.05, 0.1) is 19.6 Å². The van der Waals surface area contributed by atoms with E-state index in [-0.39, 0.29) is 34.6 Å². The first kappa shape index (κ1) is 55.4. The third-order valence-electron chi connectivity index (χ3n) is 11.8. The van der Waals surface area contributed by atoms with Crippen molar-refractivity contribution in [3.8, 4) is 22.6 Å². The number of carboxylic acids is 1. The van der Waals surface area contributed by atoms with Crippen molar-refractivity contribution in [3.05, 3.63) is 47.5 Å². The number of hydrogen-bond donors (Lipinski definition) is 8. The minimum absolute atomic E-state index is 0.0513. The molecule has 8 N–H and O–H groups in total. The lowest BCUT2D eigenvalue weighted by atomic mass is 9.93. The second kappa shape index (κ2) is 27.0. The number of aliphatic carboxylic acids is 1. The standard InChI is InChI=1S/C47H67F3N6O11/c1-5-6-7-8-9-10-11-12-13-14-15-16-17-18-39(60)55(3)36(28-57)44(64)52-29(2)42(62)51-27-40(61)56(4)41-31-20-22-38(59)33(25-31)32-23-30(19-21-37(32)58)24-34(46(66)67)53-43(63)35(54-45(41)65)26-47(48,49)50/h19-23,25,29,34-36,41,57-59H,5-18,24,26-28H2,1-4H3,(H,51,62)(H,52,64)(H,53,63)(H,54,65)(H,66,67)/t29-,34+,35?,36-,41+/m1/s1. The van der Waals surface area contributed by atoms with Crippen molar-refractivity contribution in [1.29, 1.82) is 0 Å². The highest BCUT2D eigenvalue weighted by Gasteiger charge is 2.40. The van der Waals surface area contributed by atoms with E-state index in [9.17, 15) is 67.2 Å². The summed E-state index contributed by atoms with van der Waals surface area (Å²) >= 11 is 0. The van der Waals surface area contributed by atoms with Gasteiger partial charge < -0.3 is 51.5 Å². The molecule has 2 aromatic carbocycles. The van der Waals surface area contributed by atoms with Gasteiger partial charge in [0.15, 0.2) is 0 Å². The number of phenolic OH excluding ortho intramolecular Hbond substituents is 2. The summed E-state index contributed by atoms with van der Waals surface area (Å²) in [5, 5.41) is 50.2. The van der Waals surface area contributed by atoms with Gasteiger partial charge in [-0.25, -0.2) is 4.79 Å². The molecule has 0 radical (unpaired) electrons. The van der Waals surface area contributed by atoms with Crippen molar-refractivity contribution in [3.63, 3.8) is 0 Å². The van der Waals surface area contributed by atoms with Crippen LogP contribution in [0.3, 0.4) is 0 Å². The van der Waals surface area contributed by atoms with Gasteiger partial charge in [-0.15, -0.1) is 0 Å². The fourth-order valence-corrected chi connectivity index (χ4v) is 7.80. The molecule has 0 saturated carbocycles. The minimum Gasteiger partial charge on any atom is -0.507 e. The first-order valence-electron chi connectivity index (χ1n) is 22.9. The number of carboxylic acid groups (broad SMARTS) is 1. The lowest BCUT2D eigenvalue weighted by molar-refractivity contribution is -0.154. The molecule has 17 nitrogen and oxygen atoms in total. The molecule has 4 bridgehead atoms. The first-order valence-corrected chi connectivity index (χ1v) is 22.9. The van der Waals surface area contributed by atoms with E-state index >= 15 is 0 Å². The number of nitrogens with one attached hydrogen (secondary N) is 4. The number of rotatable bonds is 24. The molecule has 0 aliphatic carbocycles. The highest BCUT2D eigenvalue weighted by molar-refractivity contribution is 5.96. The first-order chi connectivity index (χ1) is 31.7. The molecule has 0 spiro atoms. The number of nitrogens with zero attached hydrogens (tertiary/aromatic N) is 2. The van der Waals surface area contributed by atoms with E-state index in [0.717, 1.165) is 48.6 Å². The van der Waals surface area contributed by atoms with Crippen LogP contribution in [0.25, 0.3) is 11.1 Å². The zero-order chi connectivity index (χ0) is 49.8. The number of amides is 6. The van der Waals surface area contributed by atoms with Crippen LogP contribution in [0.1, 0.15) is 127 Å². The molecule has 2 aromatic rings. The Hall–Kier alpha value is -5.92. The van der Waals surface area contributed by atoms with Gasteiger partial charge in [0.2, 0.25) is 35.4 Å². The average molecular weight is 949 g/mol. The zero-order valence-electron chi connectivity index (χ0n) is 38.8. The van der Waals surface area contributed by atoms with Crippen LogP contribution >= 0.6 is 0 Å². The van der Waals surface area contributed by atoms with Crippen LogP contribution in [-0.2, 0) is 40.0 Å². The number of aliphatic hydroxyl groups excluding tert-OH is 1. The van der Waals surface area contributed by atoms with Crippen LogP contribution in [0.15, 0.2) is 36.4 Å². The lowest BCUT2D eigenvalue weighted by Crippen LogP contribution is -2.56. The number of benzene rings is 2. The number of alkyl halides is 3. The van der Waals surface area contributed by atoms with Crippen molar-refractivity contribution in [1.82, 2.24) is 31.1 Å². The van der Waals surface area contributed by atoms with Gasteiger partial charge in [0, 0.05) is 38.1 Å². The lowest BCUT2D eigenvalue weighted by Gasteiger charge is -2.31. The molecular weight excluding hydrogens is 882 g/mol. The average Bonchev–Trinajstić information content (AvgIpc) is 3.26. The molecule has 372 valence electrons. The summed E-state index contributed by atoms with van der Waals surface area (Å²) < 4.78 is 41.4. The summed E-state index contributed by atoms with van der Waals surface area (Å²) in [6.45, 7) is 1.90. The van der Waals surface area contributed by atoms with Crippen molar-refractivity contribution < 1.29 is 67.2 Å². The van der Waals surface area contributed by atoms with E-state index < -0.39 is 109 Å². The number of unbranched alkanes of at least 4 members (excludes halogenated alkanes) is 12. The third kappa shape index (κ3) is 17.7. The van der Waals surface area contributed by atoms with Crippen LogP contribution in [0.4, 0.5) is 13.2 Å². The number of hydrogen-bond acceptors (Lipinski definition) is 10. The van der Waals surface area contributed by atoms with Crippen LogP contribution < -0.4 is 21.3 Å². The van der Waals surface area contributed by atoms with Gasteiger partial charge in [-0.3, -0.25) is 28.8 Å². The molecule has 5 atom stereocenters. The van der Waals surface area contributed by atoms with Crippen molar-refractivity contribution in [2.75, 3.05) is 27.2 Å². The Bertz CT molecular complexity index is 2020. The number of likely N-dealkylation sites (N-methyl/N-ethyl adjacent to an activating group) is 2. The quantitative estimate of drug-likeness (QED) is 0.0667. The molecule has 1 unspecified atom stereocenters. The predicted molar refractivity (Wildman–Crippen MR) is 241 cm³/mol. The Morgan fingerprint density at radius 3 is 1.88 bits per heavy atom. The summed E-state index contributed by atoms with van der Waals surface area (Å²) in [6.07, 6.45) is 7.45. The Balaban J connectivity index is 1.68. The SMILES string of the molecule is CCCCCCCCCCCCCCCC(=O)N(C)[C@H](CO)C(=O)N[C@H](C)C(=O)NCC(=O)N(C)[C@@H]1C(=O)NC(CC(F)(F)F)C(=O)N[C@H](C(=O)O)Cc2ccc(O)c(c2)-c2cc1ccc2O. The second-order valence-electron chi connectivity index (χ2n) is 17.2. The van der Waals surface area contributed by atoms with Crippen molar-refractivity contribution in [2.24, 2.45) is 0 Å². The largest absolute Gasteiger partial charge is 0.507 e. The second-order valence-corrected chi connectivity index (χ2v) is 17.2. The molecular formula is C47H67F3N6O11. The van der Waals surface area contributed by atoms with Gasteiger partial charge in [0.1, 0.15) is 41.7 Å². The molecule has 0 fully saturated rings. The van der Waals surface area contributed by atoms with Gasteiger partial charge in [-0.2, -0.15) is 13.2 Å². The van der Waals surface area contributed by atoms with E-state index in [0.29, 0.717) is 6.42 Å². The summed E-state index contributed by atoms with van der Waals surface area (Å²) in [5.41, 5.74) is -0.0883. The zero-order valence-corrected chi connectivity index (χ0v) is 38.8. The van der Waals surface area contributed by atoms with E-state index in [1.54, 1.807) is 0 Å². The fourth-order valence-electron chi connectivity index (χ4n) is 7.80. The highest BCUT2D eigenvalue weighted by Crippen LogP contribution is 2.39. The molecule has 6 amide bonds. The number of aliphatic hydroxyl groups is 1. The number of aromatic hydroxyl groups is 2. The molecule has 1 heterocycles. The van der Waals surface area contributed by atoms with Crippen molar-refractivity contribution in [2.45, 2.75) is 153 Å². The Morgan fingerprint density at radius 1 is 0.776 bits per heavy atom. The minimum atomic E-state index is -5.04. The summed E-state index contributed by atoms with van der Waals surface area (Å²) in [6, 6.07) is -1.47. The Labute approximate surface area is 389 Å². The van der Waals surface area contributed by atoms with Crippen LogP contribution in [0.5, 0.6) is 11.5 Å². The van der Waals surface area contributed by atoms with Gasteiger partial charge in [-0.1, -0.05) is 96.1 Å². The van der Waals surface area contributed by atoms with Gasteiger partial charge in [-0.05, 0) is 48.7 Å². The topological polar surface area (TPSA) is 255 Å². The Morgan fingerprint density at radius 2 is 1.33 bits per heavy atom. The van der Waals surface area contributed by atoms with Crippen LogP contribution in [0, 0.1) is 0 Å². The molecule has 1 aliphatic rings. The summed E-state index contributed by atoms with van der Waals surface area (Å²) in [4.78, 5) is 94.1. The van der Waals surface area contributed by atoms with E-state index in [1.165, 1.54) is 95.7 Å². The maximum absolute atomic E-state index is 14.0. The third-order valence-corrected chi connectivity index (χ3v) is 11.8. The molecule has 20 heteroatoms. The Kier molecular flexibility index (Phi) is 22.4. The monoisotopic (exact) mass is 948 g/mol. The van der Waals surface area contributed by atoms with E-state index in [4.69, 9.17) is 0 Å². The highest BCUT2D eigenvalue weighted by atomic mass is 19.4. The van der Waals surface area contributed by atoms with Crippen LogP contribution in [-0.4, -0.2) is 129 Å². The summed E-state index contributed by atoms with van der Waals surface area (Å²) in [5.74, 6) is -8.41. The van der Waals surface area contributed by atoms with E-state index in [1.807, 2.05) is 10.6 Å². The number of halogens is 3. The normalized spacial score (nSPS) is 17.2. The number of fused-ring (bicyclic) bond motifs is 5. The molecule has 3 rings (SSSR count). The van der Waals surface area contributed by atoms with E-state index in [2.05, 4.69) is 17.6 Å². The molecule has 0 aromatic heterocycles. The van der Waals surface area contributed by atoms with Gasteiger partial charge >= 0.3 is 12.1 Å². The smallest absolute Gasteiger partial charge is 0.391 e. The van der Waals surface area contributed by atoms with Crippen LogP contribution in [0.2, 0.25) is 0 Å². The maximum Gasteiger partial charge on any atom is 0.391 e. The fraction of sp³-hybridized carbons (Fsp3) is 0.596. The van der Waals surface area contributed by atoms with Crippen molar-refractivity contribution >= 4 is 41.4 Å². The predicted octanol–water partition coefficient (Wildman–Crippen LogP) is 4.75. The number of carbonyl (C=O) groups is 7. The molecule has 1 aliphatic heterocycles. The van der Waals surface area contributed by atoms with Gasteiger partial charge in [0.25, 0.3) is 0 Å².